The monoisotopic (exact) mass is 424 g/mol. The van der Waals surface area contributed by atoms with Crippen molar-refractivity contribution in [1.29, 1.82) is 0 Å². The molecule has 0 bridgehead atoms. The third-order valence-corrected chi connectivity index (χ3v) is 4.80. The summed E-state index contributed by atoms with van der Waals surface area (Å²) in [6.07, 6.45) is 1.39. The molecule has 0 unspecified atom stereocenters. The first kappa shape index (κ1) is 22.1. The third-order valence-electron chi connectivity index (χ3n) is 4.21. The number of aromatic nitrogens is 2. The average molecular weight is 424 g/mol. The number of sulfonamides is 1. The minimum atomic E-state index is -3.47. The number of hydrogen-bond donors (Lipinski definition) is 3. The van der Waals surface area contributed by atoms with Gasteiger partial charge in [-0.25, -0.2) is 13.1 Å². The Balaban J connectivity index is 2.24. The molecule has 1 heterocycles. The Morgan fingerprint density at radius 2 is 2.00 bits per heavy atom. The van der Waals surface area contributed by atoms with Crippen molar-refractivity contribution in [3.63, 3.8) is 0 Å². The molecule has 0 spiro atoms. The van der Waals surface area contributed by atoms with Crippen molar-refractivity contribution in [3.8, 4) is 0 Å². The molecule has 158 valence electrons. The Hall–Kier alpha value is -3.15. The molecule has 0 saturated carbocycles. The second-order valence-electron chi connectivity index (χ2n) is 6.66. The number of benzene rings is 1. The summed E-state index contributed by atoms with van der Waals surface area (Å²) in [4.78, 5) is 23.5. The lowest BCUT2D eigenvalue weighted by Crippen LogP contribution is -2.35. The van der Waals surface area contributed by atoms with Crippen LogP contribution in [0.15, 0.2) is 18.2 Å². The van der Waals surface area contributed by atoms with E-state index in [-0.39, 0.29) is 17.2 Å². The summed E-state index contributed by atoms with van der Waals surface area (Å²) < 4.78 is 26.7. The number of nitrogens with zero attached hydrogens (tertiary/aromatic N) is 3. The zero-order valence-corrected chi connectivity index (χ0v) is 17.6. The fraction of sp³-hybridized carbons (Fsp3) is 0.412. The van der Waals surface area contributed by atoms with Gasteiger partial charge in [0.2, 0.25) is 21.7 Å². The highest BCUT2D eigenvalue weighted by Crippen LogP contribution is 2.28. The first-order valence-corrected chi connectivity index (χ1v) is 10.7. The van der Waals surface area contributed by atoms with E-state index in [1.165, 1.54) is 17.7 Å². The fourth-order valence-electron chi connectivity index (χ4n) is 2.78. The number of rotatable bonds is 8. The second kappa shape index (κ2) is 8.47. The van der Waals surface area contributed by atoms with Gasteiger partial charge in [0.05, 0.1) is 16.9 Å². The summed E-state index contributed by atoms with van der Waals surface area (Å²) in [5.41, 5.74) is 1.49. The smallest absolute Gasteiger partial charge is 0.333 e. The fourth-order valence-corrected chi connectivity index (χ4v) is 3.40. The summed E-state index contributed by atoms with van der Waals surface area (Å²) in [5.74, 6) is -0.285. The van der Waals surface area contributed by atoms with Crippen molar-refractivity contribution in [2.45, 2.75) is 33.2 Å². The number of carbonyl (C=O) groups excluding carboxylic acids is 1. The summed E-state index contributed by atoms with van der Waals surface area (Å²) >= 11 is 0. The van der Waals surface area contributed by atoms with Crippen LogP contribution < -0.4 is 15.4 Å². The van der Waals surface area contributed by atoms with E-state index in [9.17, 15) is 23.3 Å². The minimum absolute atomic E-state index is 0.137. The van der Waals surface area contributed by atoms with Crippen LogP contribution >= 0.6 is 0 Å². The molecule has 1 amide bonds. The van der Waals surface area contributed by atoms with Gasteiger partial charge in [-0.1, -0.05) is 13.0 Å². The Bertz CT molecular complexity index is 1050. The van der Waals surface area contributed by atoms with Crippen molar-refractivity contribution in [1.82, 2.24) is 9.78 Å². The molecule has 0 aliphatic carbocycles. The van der Waals surface area contributed by atoms with E-state index in [1.54, 1.807) is 33.0 Å². The number of nitro groups is 1. The molecule has 2 aromatic rings. The van der Waals surface area contributed by atoms with Gasteiger partial charge < -0.3 is 10.6 Å². The highest BCUT2D eigenvalue weighted by molar-refractivity contribution is 7.92. The zero-order chi connectivity index (χ0) is 21.9. The van der Waals surface area contributed by atoms with E-state index < -0.39 is 26.9 Å². The first-order valence-electron chi connectivity index (χ1n) is 8.76. The Morgan fingerprint density at radius 3 is 2.55 bits per heavy atom. The molecular weight excluding hydrogens is 400 g/mol. The lowest BCUT2D eigenvalue weighted by molar-refractivity contribution is -0.384. The topological polar surface area (TPSA) is 148 Å². The van der Waals surface area contributed by atoms with E-state index in [0.29, 0.717) is 23.4 Å². The maximum absolute atomic E-state index is 12.7. The van der Waals surface area contributed by atoms with Gasteiger partial charge in [0.15, 0.2) is 0 Å². The van der Waals surface area contributed by atoms with Crippen LogP contribution in [0, 0.1) is 24.0 Å². The van der Waals surface area contributed by atoms with Crippen LogP contribution in [0.5, 0.6) is 0 Å². The maximum Gasteiger partial charge on any atom is 0.333 e. The summed E-state index contributed by atoms with van der Waals surface area (Å²) in [7, 11) is -1.92. The Morgan fingerprint density at radius 1 is 1.34 bits per heavy atom. The summed E-state index contributed by atoms with van der Waals surface area (Å²) in [6.45, 7) is 5.02. The average Bonchev–Trinajstić information content (AvgIpc) is 2.87. The quantitative estimate of drug-likeness (QED) is 0.434. The van der Waals surface area contributed by atoms with Crippen LogP contribution in [0.1, 0.15) is 24.6 Å². The van der Waals surface area contributed by atoms with Gasteiger partial charge in [-0.05, 0) is 38.0 Å². The summed E-state index contributed by atoms with van der Waals surface area (Å²) in [6, 6.07) is 4.06. The molecule has 0 aliphatic heterocycles. The highest BCUT2D eigenvalue weighted by atomic mass is 32.2. The molecule has 1 atom stereocenters. The SMILES string of the molecule is CC[C@H](Nc1c([N+](=O)[O-])c(C)nn1C)C(=O)Nc1ccc(C)c(NS(C)(=O)=O)c1. The molecule has 12 heteroatoms. The first-order chi connectivity index (χ1) is 13.4. The number of amides is 1. The molecule has 11 nitrogen and oxygen atoms in total. The van der Waals surface area contributed by atoms with Crippen molar-refractivity contribution in [2.24, 2.45) is 7.05 Å². The van der Waals surface area contributed by atoms with Crippen molar-refractivity contribution in [2.75, 3.05) is 21.6 Å². The van der Waals surface area contributed by atoms with Gasteiger partial charge >= 0.3 is 5.69 Å². The van der Waals surface area contributed by atoms with E-state index in [2.05, 4.69) is 20.5 Å². The van der Waals surface area contributed by atoms with Crippen molar-refractivity contribution in [3.05, 3.63) is 39.6 Å². The van der Waals surface area contributed by atoms with Gasteiger partial charge in [0, 0.05) is 12.7 Å². The summed E-state index contributed by atoms with van der Waals surface area (Å²) in [5, 5.41) is 21.0. The molecule has 1 aromatic carbocycles. The Kier molecular flexibility index (Phi) is 6.47. The van der Waals surface area contributed by atoms with Gasteiger partial charge in [-0.2, -0.15) is 5.10 Å². The molecular formula is C17H24N6O5S. The largest absolute Gasteiger partial charge is 0.353 e. The van der Waals surface area contributed by atoms with E-state index >= 15 is 0 Å². The molecule has 29 heavy (non-hydrogen) atoms. The Labute approximate surface area is 168 Å². The molecule has 3 N–H and O–H groups in total. The number of hydrogen-bond acceptors (Lipinski definition) is 7. The molecule has 0 saturated heterocycles. The number of carbonyl (C=O) groups is 1. The standard InChI is InChI=1S/C17H24N6O5S/c1-6-13(19-16-15(23(25)26)11(3)20-22(16)4)17(24)18-12-8-7-10(2)14(9-12)21-29(5,27)28/h7-9,13,19,21H,6H2,1-5H3,(H,18,24)/t13-/m0/s1. The van der Waals surface area contributed by atoms with Crippen molar-refractivity contribution < 1.29 is 18.1 Å². The zero-order valence-electron chi connectivity index (χ0n) is 16.8. The second-order valence-corrected chi connectivity index (χ2v) is 8.41. The van der Waals surface area contributed by atoms with Gasteiger partial charge in [-0.15, -0.1) is 0 Å². The number of nitrogens with one attached hydrogen (secondary N) is 3. The van der Waals surface area contributed by atoms with Crippen LogP contribution in [-0.2, 0) is 21.9 Å². The molecule has 1 aromatic heterocycles. The van der Waals surface area contributed by atoms with Crippen LogP contribution in [0.2, 0.25) is 0 Å². The lowest BCUT2D eigenvalue weighted by atomic mass is 10.1. The highest BCUT2D eigenvalue weighted by Gasteiger charge is 2.28. The number of anilines is 3. The lowest BCUT2D eigenvalue weighted by Gasteiger charge is -2.18. The predicted octanol–water partition coefficient (Wildman–Crippen LogP) is 2.15. The minimum Gasteiger partial charge on any atom is -0.353 e. The van der Waals surface area contributed by atoms with Gasteiger partial charge in [0.1, 0.15) is 11.7 Å². The van der Waals surface area contributed by atoms with E-state index in [0.717, 1.165) is 6.26 Å². The van der Waals surface area contributed by atoms with E-state index in [1.807, 2.05) is 0 Å². The van der Waals surface area contributed by atoms with Crippen LogP contribution in [0.4, 0.5) is 22.9 Å². The molecule has 0 aliphatic rings. The third kappa shape index (κ3) is 5.44. The maximum atomic E-state index is 12.7. The van der Waals surface area contributed by atoms with Crippen molar-refractivity contribution >= 4 is 38.8 Å². The molecule has 0 radical (unpaired) electrons. The van der Waals surface area contributed by atoms with Gasteiger partial charge in [-0.3, -0.25) is 19.6 Å². The van der Waals surface area contributed by atoms with E-state index in [4.69, 9.17) is 0 Å². The van der Waals surface area contributed by atoms with Gasteiger partial charge in [0.25, 0.3) is 0 Å². The normalized spacial score (nSPS) is 12.3. The predicted molar refractivity (Wildman–Crippen MR) is 111 cm³/mol. The number of aryl methyl sites for hydroxylation is 3. The molecule has 0 fully saturated rings. The molecule has 2 rings (SSSR count). The van der Waals surface area contributed by atoms with Crippen LogP contribution in [0.3, 0.4) is 0 Å². The van der Waals surface area contributed by atoms with Crippen LogP contribution in [0.25, 0.3) is 0 Å². The van der Waals surface area contributed by atoms with Crippen LogP contribution in [-0.4, -0.2) is 41.3 Å².